The van der Waals surface area contributed by atoms with Crippen molar-refractivity contribution < 1.29 is 0 Å². The van der Waals surface area contributed by atoms with Gasteiger partial charge in [-0.2, -0.15) is 0 Å². The summed E-state index contributed by atoms with van der Waals surface area (Å²) in [4.78, 5) is 5.30. The van der Waals surface area contributed by atoms with E-state index in [0.29, 0.717) is 6.54 Å². The van der Waals surface area contributed by atoms with E-state index in [-0.39, 0.29) is 0 Å². The molecule has 2 fully saturated rings. The van der Waals surface area contributed by atoms with Crippen molar-refractivity contribution in [3.05, 3.63) is 33.8 Å². The first-order valence-electron chi connectivity index (χ1n) is 8.20. The van der Waals surface area contributed by atoms with Gasteiger partial charge in [-0.1, -0.05) is 40.9 Å². The maximum atomic E-state index is 5.69. The Hall–Kier alpha value is -0.420. The van der Waals surface area contributed by atoms with Gasteiger partial charge in [0.25, 0.3) is 0 Å². The van der Waals surface area contributed by atoms with Crippen molar-refractivity contribution in [2.45, 2.75) is 44.8 Å². The van der Waals surface area contributed by atoms with Crippen LogP contribution in [0.5, 0.6) is 0 Å². The Morgan fingerprint density at radius 1 is 1.10 bits per heavy atom. The van der Waals surface area contributed by atoms with Gasteiger partial charge in [0, 0.05) is 49.8 Å². The average Bonchev–Trinajstić information content (AvgIpc) is 3.04. The standard InChI is InChI=1S/C17H26BrN3/c18-17-11-14(12-19)5-6-15(17)13-20-7-9-21(10-8-20)16-3-1-2-4-16/h5-6,11,16H,1-4,7-10,12-13,19H2. The molecule has 21 heavy (non-hydrogen) atoms. The van der Waals surface area contributed by atoms with Crippen molar-refractivity contribution in [2.24, 2.45) is 5.73 Å². The van der Waals surface area contributed by atoms with E-state index in [9.17, 15) is 0 Å². The van der Waals surface area contributed by atoms with Crippen LogP contribution in [0.4, 0.5) is 0 Å². The van der Waals surface area contributed by atoms with Crippen LogP contribution >= 0.6 is 15.9 Å². The second kappa shape index (κ2) is 7.23. The Kier molecular flexibility index (Phi) is 5.33. The minimum atomic E-state index is 0.610. The first-order valence-corrected chi connectivity index (χ1v) is 8.99. The summed E-state index contributed by atoms with van der Waals surface area (Å²) in [5.74, 6) is 0. The maximum Gasteiger partial charge on any atom is 0.0246 e. The second-order valence-electron chi connectivity index (χ2n) is 6.38. The van der Waals surface area contributed by atoms with E-state index in [0.717, 1.165) is 12.6 Å². The van der Waals surface area contributed by atoms with E-state index in [1.807, 2.05) is 0 Å². The van der Waals surface area contributed by atoms with Gasteiger partial charge in [-0.3, -0.25) is 9.80 Å². The molecular formula is C17H26BrN3. The lowest BCUT2D eigenvalue weighted by atomic mass is 10.1. The SMILES string of the molecule is NCc1ccc(CN2CCN(C3CCCC3)CC2)c(Br)c1. The summed E-state index contributed by atoms with van der Waals surface area (Å²) in [6, 6.07) is 7.40. The summed E-state index contributed by atoms with van der Waals surface area (Å²) < 4.78 is 1.20. The lowest BCUT2D eigenvalue weighted by Crippen LogP contribution is -2.49. The molecule has 0 atom stereocenters. The molecule has 1 aromatic carbocycles. The number of rotatable bonds is 4. The van der Waals surface area contributed by atoms with Crippen LogP contribution in [0.15, 0.2) is 22.7 Å². The largest absolute Gasteiger partial charge is 0.326 e. The average molecular weight is 352 g/mol. The molecule has 2 N–H and O–H groups in total. The van der Waals surface area contributed by atoms with Crippen molar-refractivity contribution in [2.75, 3.05) is 26.2 Å². The van der Waals surface area contributed by atoms with Gasteiger partial charge >= 0.3 is 0 Å². The fraction of sp³-hybridized carbons (Fsp3) is 0.647. The zero-order valence-electron chi connectivity index (χ0n) is 12.7. The Bertz CT molecular complexity index is 463. The first kappa shape index (κ1) is 15.5. The number of nitrogens with two attached hydrogens (primary N) is 1. The highest BCUT2D eigenvalue weighted by molar-refractivity contribution is 9.10. The van der Waals surface area contributed by atoms with Crippen LogP contribution in [0.25, 0.3) is 0 Å². The van der Waals surface area contributed by atoms with Gasteiger partial charge < -0.3 is 5.73 Å². The zero-order chi connectivity index (χ0) is 14.7. The molecule has 0 bridgehead atoms. The van der Waals surface area contributed by atoms with Gasteiger partial charge in [-0.15, -0.1) is 0 Å². The van der Waals surface area contributed by atoms with Crippen molar-refractivity contribution in [3.8, 4) is 0 Å². The molecule has 1 aliphatic carbocycles. The fourth-order valence-electron chi connectivity index (χ4n) is 3.64. The predicted octanol–water partition coefficient (Wildman–Crippen LogP) is 2.97. The molecule has 1 saturated heterocycles. The molecule has 0 aromatic heterocycles. The quantitative estimate of drug-likeness (QED) is 0.904. The van der Waals surface area contributed by atoms with E-state index in [1.165, 1.54) is 67.5 Å². The molecule has 2 aliphatic rings. The van der Waals surface area contributed by atoms with Crippen LogP contribution in [0.2, 0.25) is 0 Å². The molecule has 0 radical (unpaired) electrons. The molecule has 1 saturated carbocycles. The summed E-state index contributed by atoms with van der Waals surface area (Å²) in [5.41, 5.74) is 8.26. The summed E-state index contributed by atoms with van der Waals surface area (Å²) in [7, 11) is 0. The van der Waals surface area contributed by atoms with Gasteiger partial charge in [0.05, 0.1) is 0 Å². The summed E-state index contributed by atoms with van der Waals surface area (Å²) >= 11 is 3.69. The monoisotopic (exact) mass is 351 g/mol. The molecule has 0 amide bonds. The van der Waals surface area contributed by atoms with E-state index in [4.69, 9.17) is 5.73 Å². The molecule has 0 spiro atoms. The number of piperazine rings is 1. The highest BCUT2D eigenvalue weighted by Gasteiger charge is 2.26. The zero-order valence-corrected chi connectivity index (χ0v) is 14.3. The van der Waals surface area contributed by atoms with Crippen LogP contribution < -0.4 is 5.73 Å². The Morgan fingerprint density at radius 2 is 1.81 bits per heavy atom. The highest BCUT2D eigenvalue weighted by Crippen LogP contribution is 2.25. The number of hydrogen-bond acceptors (Lipinski definition) is 3. The van der Waals surface area contributed by atoms with Gasteiger partial charge in [0.2, 0.25) is 0 Å². The molecule has 3 rings (SSSR count). The minimum absolute atomic E-state index is 0.610. The van der Waals surface area contributed by atoms with Crippen molar-refractivity contribution in [1.82, 2.24) is 9.80 Å². The van der Waals surface area contributed by atoms with Gasteiger partial charge in [0.1, 0.15) is 0 Å². The second-order valence-corrected chi connectivity index (χ2v) is 7.23. The lowest BCUT2D eigenvalue weighted by molar-refractivity contribution is 0.0936. The van der Waals surface area contributed by atoms with E-state index in [1.54, 1.807) is 0 Å². The van der Waals surface area contributed by atoms with Crippen molar-refractivity contribution in [1.29, 1.82) is 0 Å². The van der Waals surface area contributed by atoms with Crippen LogP contribution in [-0.2, 0) is 13.1 Å². The molecule has 3 nitrogen and oxygen atoms in total. The normalized spacial score (nSPS) is 22.0. The Labute approximate surface area is 136 Å². The van der Waals surface area contributed by atoms with Crippen molar-refractivity contribution >= 4 is 15.9 Å². The predicted molar refractivity (Wildman–Crippen MR) is 91.1 cm³/mol. The summed E-state index contributed by atoms with van der Waals surface area (Å²) in [6.07, 6.45) is 5.72. The molecule has 0 unspecified atom stereocenters. The Balaban J connectivity index is 1.53. The highest BCUT2D eigenvalue weighted by atomic mass is 79.9. The van der Waals surface area contributed by atoms with Crippen molar-refractivity contribution in [3.63, 3.8) is 0 Å². The number of nitrogens with zero attached hydrogens (tertiary/aromatic N) is 2. The summed E-state index contributed by atoms with van der Waals surface area (Å²) in [5, 5.41) is 0. The lowest BCUT2D eigenvalue weighted by Gasteiger charge is -2.38. The minimum Gasteiger partial charge on any atom is -0.326 e. The third kappa shape index (κ3) is 3.86. The van der Waals surface area contributed by atoms with Crippen LogP contribution in [0, 0.1) is 0 Å². The molecule has 4 heteroatoms. The molecule has 116 valence electrons. The number of hydrogen-bond donors (Lipinski definition) is 1. The Morgan fingerprint density at radius 3 is 2.43 bits per heavy atom. The van der Waals surface area contributed by atoms with Gasteiger partial charge in [-0.05, 0) is 30.0 Å². The van der Waals surface area contributed by atoms with Gasteiger partial charge in [0.15, 0.2) is 0 Å². The van der Waals surface area contributed by atoms with Crippen LogP contribution in [0.3, 0.4) is 0 Å². The molecular weight excluding hydrogens is 326 g/mol. The van der Waals surface area contributed by atoms with E-state index < -0.39 is 0 Å². The molecule has 1 aromatic rings. The fourth-order valence-corrected chi connectivity index (χ4v) is 4.19. The maximum absolute atomic E-state index is 5.69. The first-order chi connectivity index (χ1) is 10.3. The van der Waals surface area contributed by atoms with E-state index in [2.05, 4.69) is 43.9 Å². The third-order valence-corrected chi connectivity index (χ3v) is 5.73. The summed E-state index contributed by atoms with van der Waals surface area (Å²) in [6.45, 7) is 6.53. The number of benzene rings is 1. The smallest absolute Gasteiger partial charge is 0.0246 e. The molecule has 1 heterocycles. The topological polar surface area (TPSA) is 32.5 Å². The van der Waals surface area contributed by atoms with Crippen LogP contribution in [0.1, 0.15) is 36.8 Å². The number of halogens is 1. The molecule has 1 aliphatic heterocycles. The van der Waals surface area contributed by atoms with Crippen LogP contribution in [-0.4, -0.2) is 42.0 Å². The van der Waals surface area contributed by atoms with E-state index >= 15 is 0 Å². The van der Waals surface area contributed by atoms with Gasteiger partial charge in [-0.25, -0.2) is 0 Å². The third-order valence-electron chi connectivity index (χ3n) is 5.00.